The standard InChI is InChI=1S/C13H18ClNO2/c1-8(2)13(15)11(16)7-9-6-10(14)4-5-12(9)17-3/h4-6,8,13H,7,15H2,1-3H3. The molecule has 94 valence electrons. The van der Waals surface area contributed by atoms with Gasteiger partial charge in [0.05, 0.1) is 13.2 Å². The highest BCUT2D eigenvalue weighted by molar-refractivity contribution is 6.30. The van der Waals surface area contributed by atoms with Crippen LogP contribution in [-0.2, 0) is 11.2 Å². The molecule has 0 fully saturated rings. The van der Waals surface area contributed by atoms with Gasteiger partial charge in [-0.05, 0) is 24.1 Å². The fraction of sp³-hybridized carbons (Fsp3) is 0.462. The van der Waals surface area contributed by atoms with Gasteiger partial charge in [-0.3, -0.25) is 4.79 Å². The molecule has 0 bridgehead atoms. The molecule has 0 radical (unpaired) electrons. The summed E-state index contributed by atoms with van der Waals surface area (Å²) in [5, 5.41) is 0.590. The highest BCUT2D eigenvalue weighted by Crippen LogP contribution is 2.23. The summed E-state index contributed by atoms with van der Waals surface area (Å²) in [5.41, 5.74) is 6.59. The second-order valence-electron chi connectivity index (χ2n) is 4.37. The van der Waals surface area contributed by atoms with Crippen molar-refractivity contribution < 1.29 is 9.53 Å². The number of hydrogen-bond donors (Lipinski definition) is 1. The van der Waals surface area contributed by atoms with Gasteiger partial charge >= 0.3 is 0 Å². The molecule has 1 unspecified atom stereocenters. The number of carbonyl (C=O) groups is 1. The fourth-order valence-corrected chi connectivity index (χ4v) is 1.76. The largest absolute Gasteiger partial charge is 0.496 e. The van der Waals surface area contributed by atoms with E-state index in [1.807, 2.05) is 13.8 Å². The molecule has 0 aromatic heterocycles. The predicted molar refractivity (Wildman–Crippen MR) is 69.5 cm³/mol. The van der Waals surface area contributed by atoms with Gasteiger partial charge in [-0.1, -0.05) is 25.4 Å². The Morgan fingerprint density at radius 2 is 2.12 bits per heavy atom. The number of benzene rings is 1. The van der Waals surface area contributed by atoms with E-state index < -0.39 is 6.04 Å². The topological polar surface area (TPSA) is 52.3 Å². The lowest BCUT2D eigenvalue weighted by atomic mass is 9.96. The first kappa shape index (κ1) is 14.0. The molecular weight excluding hydrogens is 238 g/mol. The van der Waals surface area contributed by atoms with E-state index in [2.05, 4.69) is 0 Å². The Kier molecular flexibility index (Phi) is 4.97. The number of nitrogens with two attached hydrogens (primary N) is 1. The number of hydrogen-bond acceptors (Lipinski definition) is 3. The van der Waals surface area contributed by atoms with Gasteiger partial charge < -0.3 is 10.5 Å². The number of ether oxygens (including phenoxy) is 1. The molecule has 4 heteroatoms. The second-order valence-corrected chi connectivity index (χ2v) is 4.81. The lowest BCUT2D eigenvalue weighted by Crippen LogP contribution is -2.36. The zero-order valence-electron chi connectivity index (χ0n) is 10.4. The molecule has 0 aliphatic rings. The molecule has 0 aliphatic carbocycles. The van der Waals surface area contributed by atoms with Crippen LogP contribution in [0, 0.1) is 5.92 Å². The minimum atomic E-state index is -0.446. The van der Waals surface area contributed by atoms with Crippen LogP contribution >= 0.6 is 11.6 Å². The number of halogens is 1. The summed E-state index contributed by atoms with van der Waals surface area (Å²) in [4.78, 5) is 11.9. The number of ketones is 1. The molecule has 1 atom stereocenters. The lowest BCUT2D eigenvalue weighted by Gasteiger charge is -2.15. The summed E-state index contributed by atoms with van der Waals surface area (Å²) in [6.07, 6.45) is 0.253. The summed E-state index contributed by atoms with van der Waals surface area (Å²) in [6.45, 7) is 3.86. The third-order valence-electron chi connectivity index (χ3n) is 2.70. The van der Waals surface area contributed by atoms with Crippen LogP contribution in [0.25, 0.3) is 0 Å². The van der Waals surface area contributed by atoms with Crippen molar-refractivity contribution in [2.24, 2.45) is 11.7 Å². The van der Waals surface area contributed by atoms with E-state index in [1.165, 1.54) is 0 Å². The van der Waals surface area contributed by atoms with Crippen LogP contribution in [-0.4, -0.2) is 18.9 Å². The van der Waals surface area contributed by atoms with E-state index in [0.29, 0.717) is 10.8 Å². The fourth-order valence-electron chi connectivity index (χ4n) is 1.56. The Morgan fingerprint density at radius 1 is 1.47 bits per heavy atom. The molecule has 2 N–H and O–H groups in total. The average molecular weight is 256 g/mol. The minimum Gasteiger partial charge on any atom is -0.496 e. The second kappa shape index (κ2) is 6.03. The maximum absolute atomic E-state index is 11.9. The Bertz CT molecular complexity index is 404. The third kappa shape index (κ3) is 3.72. The molecular formula is C13H18ClNO2. The van der Waals surface area contributed by atoms with Crippen molar-refractivity contribution in [3.8, 4) is 5.75 Å². The summed E-state index contributed by atoms with van der Waals surface area (Å²) in [5.74, 6) is 0.798. The maximum Gasteiger partial charge on any atom is 0.154 e. The van der Waals surface area contributed by atoms with Crippen molar-refractivity contribution in [1.82, 2.24) is 0 Å². The van der Waals surface area contributed by atoms with Crippen LogP contribution < -0.4 is 10.5 Å². The van der Waals surface area contributed by atoms with Gasteiger partial charge in [0.1, 0.15) is 5.75 Å². The van der Waals surface area contributed by atoms with E-state index in [4.69, 9.17) is 22.1 Å². The van der Waals surface area contributed by atoms with Crippen LogP contribution in [0.3, 0.4) is 0 Å². The lowest BCUT2D eigenvalue weighted by molar-refractivity contribution is -0.120. The van der Waals surface area contributed by atoms with Gasteiger partial charge in [0.25, 0.3) is 0 Å². The summed E-state index contributed by atoms with van der Waals surface area (Å²) >= 11 is 5.90. The van der Waals surface area contributed by atoms with Crippen LogP contribution in [0.2, 0.25) is 5.02 Å². The van der Waals surface area contributed by atoms with Crippen molar-refractivity contribution in [3.63, 3.8) is 0 Å². The molecule has 0 heterocycles. The quantitative estimate of drug-likeness (QED) is 0.879. The third-order valence-corrected chi connectivity index (χ3v) is 2.93. The molecule has 0 amide bonds. The summed E-state index contributed by atoms with van der Waals surface area (Å²) in [6, 6.07) is 4.78. The van der Waals surface area contributed by atoms with Gasteiger partial charge in [0.2, 0.25) is 0 Å². The smallest absolute Gasteiger partial charge is 0.154 e. The van der Waals surface area contributed by atoms with Crippen LogP contribution in [0.15, 0.2) is 18.2 Å². The van der Waals surface area contributed by atoms with Crippen molar-refractivity contribution in [3.05, 3.63) is 28.8 Å². The van der Waals surface area contributed by atoms with Crippen molar-refractivity contribution in [1.29, 1.82) is 0 Å². The van der Waals surface area contributed by atoms with E-state index in [0.717, 1.165) is 5.56 Å². The molecule has 1 rings (SSSR count). The molecule has 1 aromatic carbocycles. The molecule has 0 saturated carbocycles. The van der Waals surface area contributed by atoms with Gasteiger partial charge in [-0.15, -0.1) is 0 Å². The normalized spacial score (nSPS) is 12.6. The van der Waals surface area contributed by atoms with Crippen molar-refractivity contribution in [2.75, 3.05) is 7.11 Å². The predicted octanol–water partition coefficient (Wildman–Crippen LogP) is 2.44. The zero-order chi connectivity index (χ0) is 13.0. The van der Waals surface area contributed by atoms with Crippen molar-refractivity contribution >= 4 is 17.4 Å². The Balaban J connectivity index is 2.87. The van der Waals surface area contributed by atoms with E-state index in [9.17, 15) is 4.79 Å². The van der Waals surface area contributed by atoms with E-state index in [1.54, 1.807) is 25.3 Å². The van der Waals surface area contributed by atoms with Crippen LogP contribution in [0.5, 0.6) is 5.75 Å². The maximum atomic E-state index is 11.9. The zero-order valence-corrected chi connectivity index (χ0v) is 11.1. The van der Waals surface area contributed by atoms with Gasteiger partial charge in [0.15, 0.2) is 5.78 Å². The van der Waals surface area contributed by atoms with Crippen LogP contribution in [0.4, 0.5) is 0 Å². The highest BCUT2D eigenvalue weighted by atomic mass is 35.5. The highest BCUT2D eigenvalue weighted by Gasteiger charge is 2.19. The SMILES string of the molecule is COc1ccc(Cl)cc1CC(=O)C(N)C(C)C. The first-order valence-corrected chi connectivity index (χ1v) is 5.94. The van der Waals surface area contributed by atoms with Gasteiger partial charge in [-0.2, -0.15) is 0 Å². The molecule has 1 aromatic rings. The van der Waals surface area contributed by atoms with Crippen LogP contribution in [0.1, 0.15) is 19.4 Å². The Hall–Kier alpha value is -1.06. The molecule has 3 nitrogen and oxygen atoms in total. The molecule has 17 heavy (non-hydrogen) atoms. The minimum absolute atomic E-state index is 0.000525. The number of rotatable bonds is 5. The monoisotopic (exact) mass is 255 g/mol. The average Bonchev–Trinajstić information content (AvgIpc) is 2.28. The molecule has 0 aliphatic heterocycles. The first-order valence-electron chi connectivity index (χ1n) is 5.56. The summed E-state index contributed by atoms with van der Waals surface area (Å²) in [7, 11) is 1.57. The van der Waals surface area contributed by atoms with Crippen molar-refractivity contribution in [2.45, 2.75) is 26.3 Å². The number of carbonyl (C=O) groups excluding carboxylic acids is 1. The number of methoxy groups -OCH3 is 1. The van der Waals surface area contributed by atoms with E-state index in [-0.39, 0.29) is 18.1 Å². The summed E-state index contributed by atoms with van der Waals surface area (Å²) < 4.78 is 5.19. The van der Waals surface area contributed by atoms with E-state index >= 15 is 0 Å². The Labute approximate surface area is 107 Å². The first-order chi connectivity index (χ1) is 7.95. The molecule has 0 spiro atoms. The Morgan fingerprint density at radius 3 is 2.65 bits per heavy atom. The van der Waals surface area contributed by atoms with Gasteiger partial charge in [-0.25, -0.2) is 0 Å². The molecule has 0 saturated heterocycles. The number of Topliss-reactive ketones (excluding diaryl/α,β-unsaturated/α-hetero) is 1. The van der Waals surface area contributed by atoms with Gasteiger partial charge in [0, 0.05) is 17.0 Å².